The molecular formula is C27H27N. The molecule has 28 heavy (non-hydrogen) atoms. The van der Waals surface area contributed by atoms with Gasteiger partial charge in [-0.3, -0.25) is 0 Å². The lowest BCUT2D eigenvalue weighted by Gasteiger charge is -2.16. The van der Waals surface area contributed by atoms with Crippen LogP contribution in [0, 0.1) is 0 Å². The van der Waals surface area contributed by atoms with Gasteiger partial charge in [0.1, 0.15) is 0 Å². The number of aromatic nitrogens is 1. The molecule has 1 heterocycles. The molecule has 140 valence electrons. The fourth-order valence-corrected chi connectivity index (χ4v) is 4.26. The Morgan fingerprint density at radius 3 is 1.32 bits per heavy atom. The molecule has 1 aromatic heterocycles. The van der Waals surface area contributed by atoms with E-state index in [4.69, 9.17) is 0 Å². The molecule has 0 spiro atoms. The largest absolute Gasteiger partial charge is 0.336 e. The van der Waals surface area contributed by atoms with Crippen LogP contribution in [0.2, 0.25) is 0 Å². The van der Waals surface area contributed by atoms with Gasteiger partial charge in [0.05, 0.1) is 11.4 Å². The summed E-state index contributed by atoms with van der Waals surface area (Å²) in [4.78, 5) is 0. The Bertz CT molecular complexity index is 963. The Morgan fingerprint density at radius 1 is 0.536 bits per heavy atom. The van der Waals surface area contributed by atoms with Crippen LogP contribution in [0.4, 0.5) is 0 Å². The molecule has 0 aliphatic carbocycles. The van der Waals surface area contributed by atoms with Gasteiger partial charge in [-0.25, -0.2) is 0 Å². The summed E-state index contributed by atoms with van der Waals surface area (Å²) in [7, 11) is 0. The minimum Gasteiger partial charge on any atom is -0.336 e. The predicted octanol–water partition coefficient (Wildman–Crippen LogP) is 7.00. The number of benzene rings is 3. The molecule has 0 unspecified atom stereocenters. The van der Waals surface area contributed by atoms with Crippen LogP contribution >= 0.6 is 0 Å². The molecule has 0 atom stereocenters. The summed E-state index contributed by atoms with van der Waals surface area (Å²) in [6.45, 7) is 5.44. The van der Waals surface area contributed by atoms with Crippen molar-refractivity contribution >= 4 is 0 Å². The standard InChI is InChI=1S/C27H27N/c1-3-24-25(4-2)27(23-18-12-7-13-19-23)28(20-21-14-8-5-9-15-21)26(24)22-16-10-6-11-17-22/h5-19H,3-4,20H2,1-2H3. The van der Waals surface area contributed by atoms with Gasteiger partial charge in [0.2, 0.25) is 0 Å². The predicted molar refractivity (Wildman–Crippen MR) is 120 cm³/mol. The van der Waals surface area contributed by atoms with Crippen molar-refractivity contribution in [1.29, 1.82) is 0 Å². The lowest BCUT2D eigenvalue weighted by atomic mass is 9.98. The molecule has 1 heteroatoms. The van der Waals surface area contributed by atoms with E-state index in [0.717, 1.165) is 19.4 Å². The van der Waals surface area contributed by atoms with Gasteiger partial charge in [-0.05, 0) is 40.7 Å². The van der Waals surface area contributed by atoms with Crippen molar-refractivity contribution in [2.45, 2.75) is 33.2 Å². The van der Waals surface area contributed by atoms with E-state index in [9.17, 15) is 0 Å². The molecule has 4 rings (SSSR count). The minimum atomic E-state index is 0.877. The van der Waals surface area contributed by atoms with E-state index in [1.165, 1.54) is 39.2 Å². The second-order valence-corrected chi connectivity index (χ2v) is 7.17. The highest BCUT2D eigenvalue weighted by Gasteiger charge is 2.22. The monoisotopic (exact) mass is 365 g/mol. The smallest absolute Gasteiger partial charge is 0.0523 e. The first kappa shape index (κ1) is 18.3. The quantitative estimate of drug-likeness (QED) is 0.347. The highest BCUT2D eigenvalue weighted by molar-refractivity contribution is 5.77. The maximum absolute atomic E-state index is 2.54. The van der Waals surface area contributed by atoms with Crippen molar-refractivity contribution in [2.75, 3.05) is 0 Å². The van der Waals surface area contributed by atoms with E-state index in [1.807, 2.05) is 0 Å². The Balaban J connectivity index is 2.02. The summed E-state index contributed by atoms with van der Waals surface area (Å²) in [5.41, 5.74) is 9.61. The third kappa shape index (κ3) is 3.41. The van der Waals surface area contributed by atoms with Crippen molar-refractivity contribution < 1.29 is 0 Å². The molecule has 0 saturated heterocycles. The van der Waals surface area contributed by atoms with Crippen molar-refractivity contribution in [3.05, 3.63) is 108 Å². The Kier molecular flexibility index (Phi) is 5.43. The summed E-state index contributed by atoms with van der Waals surface area (Å²) in [6.07, 6.45) is 2.07. The summed E-state index contributed by atoms with van der Waals surface area (Å²) in [5, 5.41) is 0. The van der Waals surface area contributed by atoms with Gasteiger partial charge < -0.3 is 4.57 Å². The molecule has 0 amide bonds. The van der Waals surface area contributed by atoms with Crippen LogP contribution in [0.1, 0.15) is 30.5 Å². The second-order valence-electron chi connectivity index (χ2n) is 7.17. The van der Waals surface area contributed by atoms with Crippen LogP contribution in [-0.4, -0.2) is 4.57 Å². The van der Waals surface area contributed by atoms with Crippen molar-refractivity contribution in [3.8, 4) is 22.5 Å². The Labute approximate surface area is 168 Å². The zero-order valence-corrected chi connectivity index (χ0v) is 16.7. The van der Waals surface area contributed by atoms with Gasteiger partial charge in [0, 0.05) is 6.54 Å². The van der Waals surface area contributed by atoms with E-state index in [2.05, 4.69) is 109 Å². The maximum atomic E-state index is 2.54. The van der Waals surface area contributed by atoms with Crippen LogP contribution in [0.15, 0.2) is 91.0 Å². The summed E-state index contributed by atoms with van der Waals surface area (Å²) in [6, 6.07) is 32.5. The maximum Gasteiger partial charge on any atom is 0.0523 e. The van der Waals surface area contributed by atoms with Gasteiger partial charge in [-0.15, -0.1) is 0 Å². The molecule has 3 aromatic carbocycles. The van der Waals surface area contributed by atoms with Gasteiger partial charge in [-0.2, -0.15) is 0 Å². The molecule has 4 aromatic rings. The van der Waals surface area contributed by atoms with Gasteiger partial charge in [0.25, 0.3) is 0 Å². The molecule has 0 N–H and O–H groups in total. The van der Waals surface area contributed by atoms with Crippen LogP contribution < -0.4 is 0 Å². The molecule has 1 nitrogen and oxygen atoms in total. The average molecular weight is 366 g/mol. The minimum absolute atomic E-state index is 0.877. The molecule has 0 radical (unpaired) electrons. The fraction of sp³-hybridized carbons (Fsp3) is 0.185. The third-order valence-electron chi connectivity index (χ3n) is 5.46. The molecule has 0 aliphatic heterocycles. The van der Waals surface area contributed by atoms with E-state index < -0.39 is 0 Å². The van der Waals surface area contributed by atoms with Gasteiger partial charge in [-0.1, -0.05) is 105 Å². The average Bonchev–Trinajstić information content (AvgIpc) is 3.08. The SMILES string of the molecule is CCc1c(CC)c(-c2ccccc2)n(Cc2ccccc2)c1-c1ccccc1. The number of rotatable bonds is 6. The zero-order chi connectivity index (χ0) is 19.3. The van der Waals surface area contributed by atoms with Crippen molar-refractivity contribution in [2.24, 2.45) is 0 Å². The van der Waals surface area contributed by atoms with Gasteiger partial charge in [0.15, 0.2) is 0 Å². The Morgan fingerprint density at radius 2 is 0.929 bits per heavy atom. The molecule has 0 aliphatic rings. The van der Waals surface area contributed by atoms with Crippen molar-refractivity contribution in [1.82, 2.24) is 4.57 Å². The van der Waals surface area contributed by atoms with E-state index in [-0.39, 0.29) is 0 Å². The first-order chi connectivity index (χ1) is 13.8. The lowest BCUT2D eigenvalue weighted by molar-refractivity contribution is 0.816. The summed E-state index contributed by atoms with van der Waals surface area (Å²) in [5.74, 6) is 0. The first-order valence-corrected chi connectivity index (χ1v) is 10.2. The number of hydrogen-bond acceptors (Lipinski definition) is 0. The highest BCUT2D eigenvalue weighted by Crippen LogP contribution is 2.38. The number of hydrogen-bond donors (Lipinski definition) is 0. The van der Waals surface area contributed by atoms with Crippen LogP contribution in [0.3, 0.4) is 0 Å². The molecular weight excluding hydrogens is 338 g/mol. The molecule has 0 saturated carbocycles. The topological polar surface area (TPSA) is 4.93 Å². The van der Waals surface area contributed by atoms with Crippen molar-refractivity contribution in [3.63, 3.8) is 0 Å². The summed E-state index contributed by atoms with van der Waals surface area (Å²) >= 11 is 0. The normalized spacial score (nSPS) is 10.9. The number of nitrogens with zero attached hydrogens (tertiary/aromatic N) is 1. The fourth-order valence-electron chi connectivity index (χ4n) is 4.26. The molecule has 0 fully saturated rings. The molecule has 0 bridgehead atoms. The zero-order valence-electron chi connectivity index (χ0n) is 16.7. The highest BCUT2D eigenvalue weighted by atomic mass is 15.0. The van der Waals surface area contributed by atoms with E-state index in [0.29, 0.717) is 0 Å². The Hall–Kier alpha value is -3.06. The van der Waals surface area contributed by atoms with E-state index >= 15 is 0 Å². The lowest BCUT2D eigenvalue weighted by Crippen LogP contribution is -2.05. The summed E-state index contributed by atoms with van der Waals surface area (Å²) < 4.78 is 2.54. The third-order valence-corrected chi connectivity index (χ3v) is 5.46. The van der Waals surface area contributed by atoms with Crippen LogP contribution in [0.25, 0.3) is 22.5 Å². The van der Waals surface area contributed by atoms with Crippen LogP contribution in [0.5, 0.6) is 0 Å². The van der Waals surface area contributed by atoms with Gasteiger partial charge >= 0.3 is 0 Å². The first-order valence-electron chi connectivity index (χ1n) is 10.2. The van der Waals surface area contributed by atoms with Crippen LogP contribution in [-0.2, 0) is 19.4 Å². The second kappa shape index (κ2) is 8.31. The van der Waals surface area contributed by atoms with E-state index in [1.54, 1.807) is 0 Å².